The van der Waals surface area contributed by atoms with Crippen LogP contribution in [0.15, 0.2) is 24.3 Å². The molecule has 1 aromatic carbocycles. The highest BCUT2D eigenvalue weighted by Gasteiger charge is 2.18. The van der Waals surface area contributed by atoms with E-state index in [0.717, 1.165) is 44.2 Å². The summed E-state index contributed by atoms with van der Waals surface area (Å²) in [5, 5.41) is 12.1. The van der Waals surface area contributed by atoms with Gasteiger partial charge in [-0.25, -0.2) is 0 Å². The van der Waals surface area contributed by atoms with E-state index < -0.39 is 0 Å². The van der Waals surface area contributed by atoms with E-state index in [4.69, 9.17) is 4.74 Å². The largest absolute Gasteiger partial charge is 0.395 e. The Labute approximate surface area is 150 Å². The SMILES string of the molecule is CC(C)(C)CN(CCO)CC(=O)Nc1ccc(N2CCOCC2)cc1. The Bertz CT molecular complexity index is 534. The highest BCUT2D eigenvalue weighted by Crippen LogP contribution is 2.19. The van der Waals surface area contributed by atoms with Gasteiger partial charge in [0.1, 0.15) is 0 Å². The molecule has 1 aliphatic rings. The van der Waals surface area contributed by atoms with E-state index in [9.17, 15) is 9.90 Å². The van der Waals surface area contributed by atoms with Gasteiger partial charge in [-0.05, 0) is 29.7 Å². The van der Waals surface area contributed by atoms with E-state index in [1.807, 2.05) is 29.2 Å². The monoisotopic (exact) mass is 349 g/mol. The van der Waals surface area contributed by atoms with Crippen molar-refractivity contribution in [2.75, 3.05) is 62.8 Å². The zero-order chi connectivity index (χ0) is 18.3. The van der Waals surface area contributed by atoms with Gasteiger partial charge >= 0.3 is 0 Å². The van der Waals surface area contributed by atoms with Crippen LogP contribution in [0.5, 0.6) is 0 Å². The van der Waals surface area contributed by atoms with E-state index in [0.29, 0.717) is 6.54 Å². The maximum absolute atomic E-state index is 12.3. The molecule has 1 aromatic rings. The van der Waals surface area contributed by atoms with Gasteiger partial charge in [-0.3, -0.25) is 9.69 Å². The zero-order valence-corrected chi connectivity index (χ0v) is 15.6. The third-order valence-corrected chi connectivity index (χ3v) is 4.01. The normalized spacial score (nSPS) is 15.5. The number of nitrogens with one attached hydrogen (secondary N) is 1. The molecule has 1 aliphatic heterocycles. The van der Waals surface area contributed by atoms with E-state index in [1.54, 1.807) is 0 Å². The maximum Gasteiger partial charge on any atom is 0.238 e. The van der Waals surface area contributed by atoms with Gasteiger partial charge in [0.25, 0.3) is 0 Å². The van der Waals surface area contributed by atoms with Crippen LogP contribution in [0.2, 0.25) is 0 Å². The molecule has 0 radical (unpaired) electrons. The minimum absolute atomic E-state index is 0.0532. The molecule has 0 aromatic heterocycles. The number of anilines is 2. The molecule has 6 heteroatoms. The number of ether oxygens (including phenoxy) is 1. The lowest BCUT2D eigenvalue weighted by Crippen LogP contribution is -2.40. The minimum Gasteiger partial charge on any atom is -0.395 e. The first-order valence-corrected chi connectivity index (χ1v) is 8.93. The van der Waals surface area contributed by atoms with Gasteiger partial charge in [0.15, 0.2) is 0 Å². The smallest absolute Gasteiger partial charge is 0.238 e. The van der Waals surface area contributed by atoms with Crippen LogP contribution in [0.1, 0.15) is 20.8 Å². The molecule has 140 valence electrons. The lowest BCUT2D eigenvalue weighted by molar-refractivity contribution is -0.117. The topological polar surface area (TPSA) is 65.0 Å². The Morgan fingerprint density at radius 3 is 2.44 bits per heavy atom. The van der Waals surface area contributed by atoms with Gasteiger partial charge in [-0.2, -0.15) is 0 Å². The summed E-state index contributed by atoms with van der Waals surface area (Å²) in [6.45, 7) is 11.3. The van der Waals surface area contributed by atoms with Crippen molar-refractivity contribution in [1.82, 2.24) is 4.90 Å². The molecule has 0 bridgehead atoms. The first kappa shape index (κ1) is 19.7. The molecule has 1 heterocycles. The van der Waals surface area contributed by atoms with Crippen LogP contribution in [0.4, 0.5) is 11.4 Å². The standard InChI is InChI=1S/C19H31N3O3/c1-19(2,3)15-21(8-11-23)14-18(24)20-16-4-6-17(7-5-16)22-9-12-25-13-10-22/h4-7,23H,8-15H2,1-3H3,(H,20,24). The van der Waals surface area contributed by atoms with Crippen LogP contribution in [-0.4, -0.2) is 68.5 Å². The quantitative estimate of drug-likeness (QED) is 0.786. The van der Waals surface area contributed by atoms with Crippen LogP contribution in [0.25, 0.3) is 0 Å². The molecule has 1 saturated heterocycles. The number of hydrogen-bond acceptors (Lipinski definition) is 5. The van der Waals surface area contributed by atoms with Crippen LogP contribution in [0, 0.1) is 5.41 Å². The van der Waals surface area contributed by atoms with Gasteiger partial charge < -0.3 is 20.1 Å². The molecule has 0 spiro atoms. The first-order valence-electron chi connectivity index (χ1n) is 8.93. The Hall–Kier alpha value is -1.63. The van der Waals surface area contributed by atoms with Crippen molar-refractivity contribution in [2.24, 2.45) is 5.41 Å². The van der Waals surface area contributed by atoms with Gasteiger partial charge in [0, 0.05) is 37.6 Å². The predicted molar refractivity (Wildman–Crippen MR) is 101 cm³/mol. The molecule has 0 atom stereocenters. The number of rotatable bonds is 7. The summed E-state index contributed by atoms with van der Waals surface area (Å²) >= 11 is 0. The number of nitrogens with zero attached hydrogens (tertiary/aromatic N) is 2. The Morgan fingerprint density at radius 1 is 1.24 bits per heavy atom. The fourth-order valence-electron chi connectivity index (χ4n) is 3.01. The van der Waals surface area contributed by atoms with Crippen molar-refractivity contribution >= 4 is 17.3 Å². The number of benzene rings is 1. The van der Waals surface area contributed by atoms with Crippen molar-refractivity contribution in [2.45, 2.75) is 20.8 Å². The maximum atomic E-state index is 12.3. The average Bonchev–Trinajstić information content (AvgIpc) is 2.55. The van der Waals surface area contributed by atoms with Gasteiger partial charge in [0.05, 0.1) is 26.4 Å². The third-order valence-electron chi connectivity index (χ3n) is 4.01. The number of aliphatic hydroxyl groups excluding tert-OH is 1. The van der Waals surface area contributed by atoms with Gasteiger partial charge in [-0.15, -0.1) is 0 Å². The van der Waals surface area contributed by atoms with Crippen LogP contribution < -0.4 is 10.2 Å². The molecule has 0 aliphatic carbocycles. The summed E-state index contributed by atoms with van der Waals surface area (Å²) in [5.74, 6) is -0.0585. The fourth-order valence-corrected chi connectivity index (χ4v) is 3.01. The van der Waals surface area contributed by atoms with Crippen molar-refractivity contribution in [3.8, 4) is 0 Å². The minimum atomic E-state index is -0.0585. The average molecular weight is 349 g/mol. The lowest BCUT2D eigenvalue weighted by Gasteiger charge is -2.29. The Kier molecular flexibility index (Phi) is 7.23. The highest BCUT2D eigenvalue weighted by atomic mass is 16.5. The van der Waals surface area contributed by atoms with Crippen LogP contribution >= 0.6 is 0 Å². The second-order valence-electron chi connectivity index (χ2n) is 7.69. The number of aliphatic hydroxyl groups is 1. The molecule has 2 N–H and O–H groups in total. The molecule has 0 unspecified atom stereocenters. The van der Waals surface area contributed by atoms with Crippen LogP contribution in [0.3, 0.4) is 0 Å². The first-order chi connectivity index (χ1) is 11.9. The molecular formula is C19H31N3O3. The molecule has 2 rings (SSSR count). The van der Waals surface area contributed by atoms with Crippen molar-refractivity contribution in [3.05, 3.63) is 24.3 Å². The Balaban J connectivity index is 1.88. The summed E-state index contributed by atoms with van der Waals surface area (Å²) in [7, 11) is 0. The Morgan fingerprint density at radius 2 is 1.88 bits per heavy atom. The molecule has 1 amide bonds. The van der Waals surface area contributed by atoms with Crippen LogP contribution in [-0.2, 0) is 9.53 Å². The fraction of sp³-hybridized carbons (Fsp3) is 0.632. The summed E-state index contributed by atoms with van der Waals surface area (Å²) < 4.78 is 5.37. The van der Waals surface area contributed by atoms with E-state index in [1.165, 1.54) is 0 Å². The van der Waals surface area contributed by atoms with E-state index in [2.05, 4.69) is 31.0 Å². The third kappa shape index (κ3) is 7.02. The zero-order valence-electron chi connectivity index (χ0n) is 15.6. The number of hydrogen-bond donors (Lipinski definition) is 2. The molecule has 25 heavy (non-hydrogen) atoms. The molecular weight excluding hydrogens is 318 g/mol. The predicted octanol–water partition coefficient (Wildman–Crippen LogP) is 1.80. The van der Waals surface area contributed by atoms with E-state index in [-0.39, 0.29) is 24.5 Å². The second-order valence-corrected chi connectivity index (χ2v) is 7.69. The number of morpholine rings is 1. The summed E-state index contributed by atoms with van der Waals surface area (Å²) in [6.07, 6.45) is 0. The van der Waals surface area contributed by atoms with Crippen molar-refractivity contribution in [3.63, 3.8) is 0 Å². The number of carbonyl (C=O) groups excluding carboxylic acids is 1. The van der Waals surface area contributed by atoms with Gasteiger partial charge in [-0.1, -0.05) is 20.8 Å². The summed E-state index contributed by atoms with van der Waals surface area (Å²) in [6, 6.07) is 7.93. The molecule has 1 fully saturated rings. The number of carbonyl (C=O) groups is 1. The number of amides is 1. The summed E-state index contributed by atoms with van der Waals surface area (Å²) in [4.78, 5) is 16.6. The van der Waals surface area contributed by atoms with E-state index >= 15 is 0 Å². The second kappa shape index (κ2) is 9.17. The highest BCUT2D eigenvalue weighted by molar-refractivity contribution is 5.92. The van der Waals surface area contributed by atoms with Crippen molar-refractivity contribution in [1.29, 1.82) is 0 Å². The molecule has 6 nitrogen and oxygen atoms in total. The summed E-state index contributed by atoms with van der Waals surface area (Å²) in [5.41, 5.74) is 2.02. The van der Waals surface area contributed by atoms with Gasteiger partial charge in [0.2, 0.25) is 5.91 Å². The molecule has 0 saturated carbocycles. The van der Waals surface area contributed by atoms with Crippen molar-refractivity contribution < 1.29 is 14.6 Å². The lowest BCUT2D eigenvalue weighted by atomic mass is 9.96.